The number of phenols is 1. The molecule has 0 saturated heterocycles. The van der Waals surface area contributed by atoms with Crippen molar-refractivity contribution in [3.63, 3.8) is 0 Å². The van der Waals surface area contributed by atoms with Crippen LogP contribution in [0.4, 0.5) is 0 Å². The summed E-state index contributed by atoms with van der Waals surface area (Å²) in [5, 5.41) is 19.5. The molecule has 166 valence electrons. The molecule has 6 heteroatoms. The number of hydrogen-bond donors (Lipinski definition) is 1. The molecular weight excluding hydrogens is 394 g/mol. The van der Waals surface area contributed by atoms with E-state index in [1.54, 1.807) is 44.4 Å². The van der Waals surface area contributed by atoms with Gasteiger partial charge in [-0.1, -0.05) is 20.8 Å². The zero-order valence-corrected chi connectivity index (χ0v) is 18.9. The Bertz CT molecular complexity index is 954. The van der Waals surface area contributed by atoms with Gasteiger partial charge in [-0.15, -0.1) is 0 Å². The summed E-state index contributed by atoms with van der Waals surface area (Å²) >= 11 is 0. The molecule has 0 spiro atoms. The Hall–Kier alpha value is -3.20. The number of aromatic hydroxyl groups is 1. The van der Waals surface area contributed by atoms with E-state index < -0.39 is 0 Å². The molecule has 2 aromatic carbocycles. The third kappa shape index (κ3) is 6.92. The van der Waals surface area contributed by atoms with E-state index in [4.69, 9.17) is 19.5 Å². The van der Waals surface area contributed by atoms with Gasteiger partial charge in [-0.25, -0.2) is 0 Å². The minimum absolute atomic E-state index is 0.0143. The van der Waals surface area contributed by atoms with Gasteiger partial charge >= 0.3 is 0 Å². The molecule has 0 aliphatic carbocycles. The van der Waals surface area contributed by atoms with E-state index in [9.17, 15) is 9.90 Å². The van der Waals surface area contributed by atoms with E-state index >= 15 is 0 Å². The van der Waals surface area contributed by atoms with E-state index in [0.29, 0.717) is 53.6 Å². The average Bonchev–Trinajstić information content (AvgIpc) is 2.71. The van der Waals surface area contributed by atoms with Crippen molar-refractivity contribution in [1.82, 2.24) is 0 Å². The van der Waals surface area contributed by atoms with E-state index in [0.717, 1.165) is 12.8 Å². The molecule has 0 bridgehead atoms. The maximum atomic E-state index is 12.4. The molecule has 0 heterocycles. The second-order valence-electron chi connectivity index (χ2n) is 8.63. The number of nitriles is 1. The fourth-order valence-corrected chi connectivity index (χ4v) is 3.07. The number of methoxy groups -OCH3 is 1. The van der Waals surface area contributed by atoms with E-state index in [1.165, 1.54) is 0 Å². The number of phenolic OH excluding ortho intramolecular Hbond substituents is 1. The predicted octanol–water partition coefficient (Wildman–Crippen LogP) is 5.44. The monoisotopic (exact) mass is 425 g/mol. The Balaban J connectivity index is 1.85. The quantitative estimate of drug-likeness (QED) is 0.403. The van der Waals surface area contributed by atoms with Crippen LogP contribution in [-0.4, -0.2) is 31.2 Å². The summed E-state index contributed by atoms with van der Waals surface area (Å²) in [6.45, 7) is 8.63. The first kappa shape index (κ1) is 24.1. The SMILES string of the molecule is COc1ccc(C#N)cc1OCCCCOc1ccc(C(=O)CC(C)(C)C)c(O)c1C. The smallest absolute Gasteiger partial charge is 0.167 e. The normalized spacial score (nSPS) is 11.0. The zero-order chi connectivity index (χ0) is 23.0. The van der Waals surface area contributed by atoms with Crippen molar-refractivity contribution >= 4 is 5.78 Å². The molecule has 0 aromatic heterocycles. The zero-order valence-electron chi connectivity index (χ0n) is 18.9. The van der Waals surface area contributed by atoms with Gasteiger partial charge in [0, 0.05) is 18.1 Å². The van der Waals surface area contributed by atoms with Crippen molar-refractivity contribution in [3.05, 3.63) is 47.0 Å². The minimum Gasteiger partial charge on any atom is -0.507 e. The highest BCUT2D eigenvalue weighted by Gasteiger charge is 2.21. The summed E-state index contributed by atoms with van der Waals surface area (Å²) in [6, 6.07) is 10.5. The van der Waals surface area contributed by atoms with Crippen LogP contribution in [0.2, 0.25) is 0 Å². The summed E-state index contributed by atoms with van der Waals surface area (Å²) in [7, 11) is 1.56. The van der Waals surface area contributed by atoms with Crippen molar-refractivity contribution in [2.45, 2.75) is 47.0 Å². The van der Waals surface area contributed by atoms with Gasteiger partial charge < -0.3 is 19.3 Å². The summed E-state index contributed by atoms with van der Waals surface area (Å²) < 4.78 is 16.8. The Kier molecular flexibility index (Phi) is 8.32. The maximum Gasteiger partial charge on any atom is 0.167 e. The molecule has 0 saturated carbocycles. The number of nitrogens with zero attached hydrogens (tertiary/aromatic N) is 1. The standard InChI is InChI=1S/C25H31NO5/c1-17-21(11-9-19(24(17)28)20(27)15-25(2,3)4)30-12-6-7-13-31-23-14-18(16-26)8-10-22(23)29-5/h8-11,14,28H,6-7,12-13,15H2,1-5H3. The lowest BCUT2D eigenvalue weighted by Crippen LogP contribution is -2.13. The van der Waals surface area contributed by atoms with Crippen molar-refractivity contribution in [3.8, 4) is 29.1 Å². The number of ether oxygens (including phenoxy) is 3. The lowest BCUT2D eigenvalue weighted by molar-refractivity contribution is 0.0937. The summed E-state index contributed by atoms with van der Waals surface area (Å²) in [5.74, 6) is 1.60. The van der Waals surface area contributed by atoms with Gasteiger partial charge in [0.25, 0.3) is 0 Å². The van der Waals surface area contributed by atoms with Gasteiger partial charge in [-0.2, -0.15) is 5.26 Å². The maximum absolute atomic E-state index is 12.4. The molecule has 2 aromatic rings. The summed E-state index contributed by atoms with van der Waals surface area (Å²) in [6.07, 6.45) is 1.85. The molecule has 1 N–H and O–H groups in total. The summed E-state index contributed by atoms with van der Waals surface area (Å²) in [5.41, 5.74) is 1.27. The largest absolute Gasteiger partial charge is 0.507 e. The molecule has 0 radical (unpaired) electrons. The van der Waals surface area contributed by atoms with Gasteiger partial charge in [-0.05, 0) is 49.4 Å². The highest BCUT2D eigenvalue weighted by atomic mass is 16.5. The fourth-order valence-electron chi connectivity index (χ4n) is 3.07. The Morgan fingerprint density at radius 1 is 1.03 bits per heavy atom. The lowest BCUT2D eigenvalue weighted by atomic mass is 9.87. The van der Waals surface area contributed by atoms with Crippen LogP contribution in [0.15, 0.2) is 30.3 Å². The molecule has 0 aliphatic rings. The Labute approximate surface area is 184 Å². The van der Waals surface area contributed by atoms with Crippen molar-refractivity contribution < 1.29 is 24.1 Å². The first-order valence-corrected chi connectivity index (χ1v) is 10.4. The number of unbranched alkanes of at least 4 members (excludes halogenated alkanes) is 1. The van der Waals surface area contributed by atoms with Crippen LogP contribution in [0.3, 0.4) is 0 Å². The molecule has 0 aliphatic heterocycles. The van der Waals surface area contributed by atoms with E-state index in [2.05, 4.69) is 6.07 Å². The predicted molar refractivity (Wildman–Crippen MR) is 119 cm³/mol. The number of benzene rings is 2. The van der Waals surface area contributed by atoms with Crippen LogP contribution in [0.5, 0.6) is 23.0 Å². The number of ketones is 1. The van der Waals surface area contributed by atoms with Crippen LogP contribution >= 0.6 is 0 Å². The van der Waals surface area contributed by atoms with E-state index in [1.807, 2.05) is 20.8 Å². The second-order valence-corrected chi connectivity index (χ2v) is 8.63. The van der Waals surface area contributed by atoms with Crippen LogP contribution in [-0.2, 0) is 0 Å². The average molecular weight is 426 g/mol. The van der Waals surface area contributed by atoms with Gasteiger partial charge in [0.05, 0.1) is 37.5 Å². The third-order valence-corrected chi connectivity index (χ3v) is 4.72. The first-order chi connectivity index (χ1) is 14.7. The molecule has 6 nitrogen and oxygen atoms in total. The lowest BCUT2D eigenvalue weighted by Gasteiger charge is -2.18. The number of carbonyl (C=O) groups excluding carboxylic acids is 1. The van der Waals surface area contributed by atoms with Crippen molar-refractivity contribution in [1.29, 1.82) is 5.26 Å². The highest BCUT2D eigenvalue weighted by Crippen LogP contribution is 2.33. The van der Waals surface area contributed by atoms with Gasteiger partial charge in [-0.3, -0.25) is 4.79 Å². The third-order valence-electron chi connectivity index (χ3n) is 4.72. The molecular formula is C25H31NO5. The topological polar surface area (TPSA) is 88.8 Å². The van der Waals surface area contributed by atoms with Crippen molar-refractivity contribution in [2.75, 3.05) is 20.3 Å². The van der Waals surface area contributed by atoms with Crippen LogP contribution in [0, 0.1) is 23.7 Å². The second kappa shape index (κ2) is 10.7. The molecule has 31 heavy (non-hydrogen) atoms. The number of rotatable bonds is 10. The molecule has 2 rings (SSSR count). The minimum atomic E-state index is -0.144. The van der Waals surface area contributed by atoms with Crippen molar-refractivity contribution in [2.24, 2.45) is 5.41 Å². The molecule has 0 unspecified atom stereocenters. The Morgan fingerprint density at radius 3 is 2.23 bits per heavy atom. The highest BCUT2D eigenvalue weighted by molar-refractivity contribution is 5.99. The number of carbonyl (C=O) groups is 1. The number of Topliss-reactive ketones (excluding diaryl/α,β-unsaturated/α-hetero) is 1. The Morgan fingerprint density at radius 2 is 1.65 bits per heavy atom. The first-order valence-electron chi connectivity index (χ1n) is 10.4. The molecule has 0 amide bonds. The molecule has 0 fully saturated rings. The van der Waals surface area contributed by atoms with Crippen LogP contribution in [0.25, 0.3) is 0 Å². The fraction of sp³-hybridized carbons (Fsp3) is 0.440. The summed E-state index contributed by atoms with van der Waals surface area (Å²) in [4.78, 5) is 12.4. The number of hydrogen-bond acceptors (Lipinski definition) is 6. The van der Waals surface area contributed by atoms with Crippen LogP contribution < -0.4 is 14.2 Å². The van der Waals surface area contributed by atoms with Gasteiger partial charge in [0.15, 0.2) is 17.3 Å². The van der Waals surface area contributed by atoms with E-state index in [-0.39, 0.29) is 16.9 Å². The molecule has 0 atom stereocenters. The van der Waals surface area contributed by atoms with Gasteiger partial charge in [0.1, 0.15) is 11.5 Å². The van der Waals surface area contributed by atoms with Crippen LogP contribution in [0.1, 0.15) is 61.5 Å². The van der Waals surface area contributed by atoms with Gasteiger partial charge in [0.2, 0.25) is 0 Å².